The van der Waals surface area contributed by atoms with Crippen LogP contribution in [-0.2, 0) is 35.5 Å². The fourth-order valence-electron chi connectivity index (χ4n) is 9.04. The van der Waals surface area contributed by atoms with Gasteiger partial charge in [-0.05, 0) is 107 Å². The van der Waals surface area contributed by atoms with E-state index in [1.807, 2.05) is 30.7 Å². The zero-order chi connectivity index (χ0) is 39.4. The topological polar surface area (TPSA) is 152 Å². The molecular formula is C45H50N8O4. The third-order valence-corrected chi connectivity index (χ3v) is 12.2. The van der Waals surface area contributed by atoms with Gasteiger partial charge < -0.3 is 19.7 Å². The fraction of sp³-hybridized carbons (Fsp3) is 0.444. The largest absolute Gasteiger partial charge is 0.361 e. The first-order chi connectivity index (χ1) is 27.7. The molecule has 0 spiro atoms. The third-order valence-electron chi connectivity index (χ3n) is 12.2. The fourth-order valence-corrected chi connectivity index (χ4v) is 9.04. The number of fused-ring (bicyclic) bond motifs is 4. The molecule has 6 aromatic rings. The highest BCUT2D eigenvalue weighted by Gasteiger charge is 2.39. The van der Waals surface area contributed by atoms with Crippen LogP contribution < -0.4 is 5.32 Å². The van der Waals surface area contributed by atoms with Crippen LogP contribution >= 0.6 is 0 Å². The van der Waals surface area contributed by atoms with Crippen LogP contribution in [0.4, 0.5) is 11.6 Å². The van der Waals surface area contributed by atoms with Crippen LogP contribution in [-0.4, -0.2) is 58.3 Å². The lowest BCUT2D eigenvalue weighted by molar-refractivity contribution is -0.133. The zero-order valence-electron chi connectivity index (χ0n) is 33.3. The molecule has 3 aliphatic rings. The number of hydrogen-bond acceptors (Lipinski definition) is 9. The summed E-state index contributed by atoms with van der Waals surface area (Å²) in [5.41, 5.74) is 10.00. The number of carbonyl (C=O) groups excluding carboxylic acids is 3. The summed E-state index contributed by atoms with van der Waals surface area (Å²) in [4.78, 5) is 53.3. The predicted molar refractivity (Wildman–Crippen MR) is 219 cm³/mol. The van der Waals surface area contributed by atoms with Gasteiger partial charge in [0.2, 0.25) is 0 Å². The summed E-state index contributed by atoms with van der Waals surface area (Å²) in [5, 5.41) is 14.9. The van der Waals surface area contributed by atoms with E-state index >= 15 is 0 Å². The lowest BCUT2D eigenvalue weighted by atomic mass is 9.92. The van der Waals surface area contributed by atoms with Crippen LogP contribution in [0.25, 0.3) is 33.1 Å². The van der Waals surface area contributed by atoms with Gasteiger partial charge in [0.15, 0.2) is 5.78 Å². The van der Waals surface area contributed by atoms with Crippen molar-refractivity contribution in [3.8, 4) is 11.1 Å². The average molecular weight is 767 g/mol. The number of anilines is 2. The number of carbonyl (C=O) groups is 3. The summed E-state index contributed by atoms with van der Waals surface area (Å²) in [6, 6.07) is 12.0. The number of nitrogens with one attached hydrogen (secondary N) is 2. The van der Waals surface area contributed by atoms with Crippen LogP contribution in [0.5, 0.6) is 0 Å². The number of hydrogen-bond donors (Lipinski definition) is 2. The van der Waals surface area contributed by atoms with E-state index in [4.69, 9.17) is 19.6 Å². The van der Waals surface area contributed by atoms with Gasteiger partial charge in [0, 0.05) is 59.9 Å². The Morgan fingerprint density at radius 1 is 0.930 bits per heavy atom. The van der Waals surface area contributed by atoms with Crippen LogP contribution in [0.1, 0.15) is 127 Å². The van der Waals surface area contributed by atoms with Crippen molar-refractivity contribution in [3.05, 3.63) is 81.6 Å². The molecule has 2 saturated carbocycles. The van der Waals surface area contributed by atoms with Gasteiger partial charge in [0.1, 0.15) is 34.7 Å². The number of amides is 1. The number of aryl methyl sites for hydroxylation is 6. The second-order valence-electron chi connectivity index (χ2n) is 16.3. The molecule has 1 atom stereocenters. The van der Waals surface area contributed by atoms with Crippen molar-refractivity contribution in [1.82, 2.24) is 34.8 Å². The summed E-state index contributed by atoms with van der Waals surface area (Å²) >= 11 is 0. The number of ketones is 2. The minimum absolute atomic E-state index is 0.0249. The Bertz CT molecular complexity index is 2540. The van der Waals surface area contributed by atoms with Crippen LogP contribution in [0.3, 0.4) is 0 Å². The second-order valence-corrected chi connectivity index (χ2v) is 16.3. The summed E-state index contributed by atoms with van der Waals surface area (Å²) in [6.45, 7) is 9.40. The number of benzene rings is 2. The van der Waals surface area contributed by atoms with E-state index in [0.29, 0.717) is 30.9 Å². The molecule has 5 heterocycles. The van der Waals surface area contributed by atoms with Crippen LogP contribution in [0, 0.1) is 20.8 Å². The first-order valence-electron chi connectivity index (χ1n) is 20.7. The van der Waals surface area contributed by atoms with Gasteiger partial charge in [-0.2, -0.15) is 5.10 Å². The maximum atomic E-state index is 13.3. The maximum absolute atomic E-state index is 13.3. The first kappa shape index (κ1) is 37.0. The van der Waals surface area contributed by atoms with E-state index in [9.17, 15) is 14.4 Å². The SMILES string of the molecule is CCn1nc(C2CC2)cc1Nc1nc(CCCCCCCc2cccc3c2CN(C2CCC(=O)CC2=O)C3=O)nc2[nH]c3cc(-c4c(C)noc4C)c(C)cc3c12. The summed E-state index contributed by atoms with van der Waals surface area (Å²) in [7, 11) is 0. The average Bonchev–Trinajstić information content (AvgIpc) is 3.58. The van der Waals surface area contributed by atoms with Gasteiger partial charge in [-0.3, -0.25) is 14.4 Å². The molecular weight excluding hydrogens is 717 g/mol. The molecule has 1 amide bonds. The Morgan fingerprint density at radius 3 is 2.49 bits per heavy atom. The van der Waals surface area contributed by atoms with Gasteiger partial charge >= 0.3 is 0 Å². The minimum Gasteiger partial charge on any atom is -0.361 e. The Hall–Kier alpha value is -5.65. The van der Waals surface area contributed by atoms with Gasteiger partial charge in [0.05, 0.1) is 29.2 Å². The molecule has 2 aromatic carbocycles. The minimum atomic E-state index is -0.487. The third kappa shape index (κ3) is 7.03. The number of H-pyrrole nitrogens is 1. The van der Waals surface area contributed by atoms with Crippen molar-refractivity contribution in [1.29, 1.82) is 0 Å². The van der Waals surface area contributed by atoms with Crippen LogP contribution in [0.2, 0.25) is 0 Å². The van der Waals surface area contributed by atoms with E-state index < -0.39 is 6.04 Å². The smallest absolute Gasteiger partial charge is 0.255 e. The molecule has 57 heavy (non-hydrogen) atoms. The maximum Gasteiger partial charge on any atom is 0.255 e. The van der Waals surface area contributed by atoms with E-state index in [1.165, 1.54) is 18.4 Å². The molecule has 2 N–H and O–H groups in total. The standard InChI is InChI=1S/C45H50N8O4/c1-5-53-40(23-35(50-53)29-16-17-29)49-44-42-33-20-25(2)32(41-26(3)51-57-27(41)4)22-36(33)46-43(42)47-39(48-44)15-10-8-6-7-9-12-28-13-11-14-31-34(28)24-52(45(31)56)37-19-18-30(54)21-38(37)55/h11,13-14,20,22-23,29,37H,5-10,12,15-19,21,24H2,1-4H3,(H2,46,47,48,49). The van der Waals surface area contributed by atoms with Gasteiger partial charge in [0.25, 0.3) is 5.91 Å². The zero-order valence-corrected chi connectivity index (χ0v) is 33.3. The van der Waals surface area contributed by atoms with Crippen molar-refractivity contribution in [2.75, 3.05) is 5.32 Å². The molecule has 4 aromatic heterocycles. The van der Waals surface area contributed by atoms with Gasteiger partial charge in [-0.1, -0.05) is 36.6 Å². The van der Waals surface area contributed by atoms with Crippen molar-refractivity contribution >= 4 is 51.0 Å². The first-order valence-corrected chi connectivity index (χ1v) is 20.7. The molecule has 0 saturated heterocycles. The predicted octanol–water partition coefficient (Wildman–Crippen LogP) is 8.91. The van der Waals surface area contributed by atoms with E-state index in [-0.39, 0.29) is 23.9 Å². The summed E-state index contributed by atoms with van der Waals surface area (Å²) < 4.78 is 7.56. The molecule has 0 radical (unpaired) electrons. The van der Waals surface area contributed by atoms with Gasteiger partial charge in [-0.15, -0.1) is 0 Å². The van der Waals surface area contributed by atoms with E-state index in [0.717, 1.165) is 130 Å². The van der Waals surface area contributed by atoms with E-state index in [1.54, 1.807) is 4.90 Å². The van der Waals surface area contributed by atoms with Crippen molar-refractivity contribution in [3.63, 3.8) is 0 Å². The molecule has 9 rings (SSSR count). The lowest BCUT2D eigenvalue weighted by Gasteiger charge is -2.29. The summed E-state index contributed by atoms with van der Waals surface area (Å²) in [5.74, 6) is 3.66. The molecule has 12 heteroatoms. The Labute approximate surface area is 331 Å². The molecule has 12 nitrogen and oxygen atoms in total. The Kier molecular flexibility index (Phi) is 9.74. The lowest BCUT2D eigenvalue weighted by Crippen LogP contribution is -2.44. The molecule has 1 unspecified atom stereocenters. The molecule has 2 aliphatic carbocycles. The molecule has 294 valence electrons. The van der Waals surface area contributed by atoms with Gasteiger partial charge in [-0.25, -0.2) is 14.6 Å². The number of aromatic amines is 1. The molecule has 2 fully saturated rings. The highest BCUT2D eigenvalue weighted by Crippen LogP contribution is 2.42. The number of rotatable bonds is 14. The number of nitrogens with zero attached hydrogens (tertiary/aromatic N) is 6. The Balaban J connectivity index is 0.886. The van der Waals surface area contributed by atoms with Crippen molar-refractivity contribution in [2.24, 2.45) is 0 Å². The quantitative estimate of drug-likeness (QED) is 0.0818. The van der Waals surface area contributed by atoms with Crippen molar-refractivity contribution < 1.29 is 18.9 Å². The number of unbranched alkanes of at least 4 members (excludes halogenated alkanes) is 4. The molecule has 1 aliphatic heterocycles. The Morgan fingerprint density at radius 2 is 1.74 bits per heavy atom. The molecule has 0 bridgehead atoms. The second kappa shape index (κ2) is 15.0. The van der Waals surface area contributed by atoms with Crippen molar-refractivity contribution in [2.45, 2.75) is 130 Å². The van der Waals surface area contributed by atoms with E-state index in [2.05, 4.69) is 53.6 Å². The highest BCUT2D eigenvalue weighted by molar-refractivity contribution is 6.13. The highest BCUT2D eigenvalue weighted by atomic mass is 16.5. The number of aromatic nitrogens is 6. The van der Waals surface area contributed by atoms with Crippen LogP contribution in [0.15, 0.2) is 40.9 Å². The normalized spacial score (nSPS) is 17.1. The summed E-state index contributed by atoms with van der Waals surface area (Å²) in [6.07, 6.45) is 10.0. The monoisotopic (exact) mass is 766 g/mol. The number of Topliss-reactive ketones (excluding diaryl/α,β-unsaturated/α-hetero) is 2.